The second-order valence-corrected chi connectivity index (χ2v) is 8.51. The van der Waals surface area contributed by atoms with E-state index < -0.39 is 0 Å². The minimum atomic E-state index is -0.170. The minimum absolute atomic E-state index is 0.170. The molecule has 2 fully saturated rings. The molecule has 3 rings (SSSR count). The molecule has 2 amide bonds. The molecule has 2 aliphatic rings. The summed E-state index contributed by atoms with van der Waals surface area (Å²) in [6.45, 7) is 9.41. The number of nitrogens with one attached hydrogen (secondary N) is 1. The summed E-state index contributed by atoms with van der Waals surface area (Å²) in [5.74, 6) is 0.602. The Bertz CT molecular complexity index is 657. The molecule has 2 saturated heterocycles. The van der Waals surface area contributed by atoms with Crippen molar-refractivity contribution in [1.29, 1.82) is 0 Å². The number of hydrogen-bond acceptors (Lipinski definition) is 4. The van der Waals surface area contributed by atoms with E-state index >= 15 is 0 Å². The van der Waals surface area contributed by atoms with Crippen molar-refractivity contribution >= 4 is 17.5 Å². The Morgan fingerprint density at radius 1 is 1.23 bits per heavy atom. The van der Waals surface area contributed by atoms with E-state index in [1.165, 1.54) is 0 Å². The summed E-state index contributed by atoms with van der Waals surface area (Å²) < 4.78 is 0. The predicted molar refractivity (Wildman–Crippen MR) is 102 cm³/mol. The van der Waals surface area contributed by atoms with E-state index in [-0.39, 0.29) is 11.3 Å². The number of aromatic nitrogens is 1. The highest BCUT2D eigenvalue weighted by Crippen LogP contribution is 2.36. The van der Waals surface area contributed by atoms with Gasteiger partial charge in [-0.3, -0.25) is 9.59 Å². The Hall–Kier alpha value is -2.11. The van der Waals surface area contributed by atoms with Gasteiger partial charge in [-0.25, -0.2) is 4.98 Å². The number of piperidine rings is 1. The van der Waals surface area contributed by atoms with Crippen LogP contribution in [-0.2, 0) is 4.79 Å². The van der Waals surface area contributed by atoms with E-state index in [0.29, 0.717) is 30.0 Å². The zero-order valence-electron chi connectivity index (χ0n) is 16.3. The predicted octanol–water partition coefficient (Wildman–Crippen LogP) is 2.30. The zero-order valence-corrected chi connectivity index (χ0v) is 16.3. The number of carbonyl (C=O) groups excluding carboxylic acids is 2. The van der Waals surface area contributed by atoms with Gasteiger partial charge in [0.2, 0.25) is 5.91 Å². The molecule has 142 valence electrons. The van der Waals surface area contributed by atoms with Gasteiger partial charge in [-0.1, -0.05) is 20.8 Å². The van der Waals surface area contributed by atoms with E-state index in [1.807, 2.05) is 6.07 Å². The molecule has 0 aromatic carbocycles. The van der Waals surface area contributed by atoms with Gasteiger partial charge < -0.3 is 15.1 Å². The van der Waals surface area contributed by atoms with Crippen LogP contribution < -0.4 is 10.2 Å². The van der Waals surface area contributed by atoms with Crippen LogP contribution in [0.2, 0.25) is 0 Å². The van der Waals surface area contributed by atoms with Crippen molar-refractivity contribution < 1.29 is 9.59 Å². The quantitative estimate of drug-likeness (QED) is 0.900. The van der Waals surface area contributed by atoms with Crippen molar-refractivity contribution in [2.24, 2.45) is 11.3 Å². The van der Waals surface area contributed by atoms with Crippen LogP contribution in [0.4, 0.5) is 5.69 Å². The summed E-state index contributed by atoms with van der Waals surface area (Å²) in [5, 5.41) is 2.58. The van der Waals surface area contributed by atoms with Crippen molar-refractivity contribution in [2.45, 2.75) is 46.1 Å². The maximum absolute atomic E-state index is 12.5. The van der Waals surface area contributed by atoms with Crippen LogP contribution in [-0.4, -0.2) is 54.4 Å². The summed E-state index contributed by atoms with van der Waals surface area (Å²) >= 11 is 0. The van der Waals surface area contributed by atoms with Gasteiger partial charge in [0.05, 0.1) is 11.9 Å². The topological polar surface area (TPSA) is 65.5 Å². The standard InChI is InChI=1S/C20H30N4O2/c1-20(2,3)14-11-18(25)24(13-14)15-7-9-23(10-8-15)16-5-6-17(22-12-16)19(26)21-4/h5-6,12,14-15H,7-11,13H2,1-4H3,(H,21,26). The summed E-state index contributed by atoms with van der Waals surface area (Å²) in [6, 6.07) is 4.07. The van der Waals surface area contributed by atoms with Crippen LogP contribution in [0.15, 0.2) is 18.3 Å². The lowest BCUT2D eigenvalue weighted by Crippen LogP contribution is -2.46. The van der Waals surface area contributed by atoms with Crippen molar-refractivity contribution in [3.63, 3.8) is 0 Å². The molecule has 6 nitrogen and oxygen atoms in total. The van der Waals surface area contributed by atoms with Crippen molar-refractivity contribution in [2.75, 3.05) is 31.6 Å². The Kier molecular flexibility index (Phi) is 5.21. The van der Waals surface area contributed by atoms with E-state index in [0.717, 1.165) is 38.2 Å². The van der Waals surface area contributed by atoms with Gasteiger partial charge in [0.25, 0.3) is 5.91 Å². The Balaban J connectivity index is 1.58. The molecular weight excluding hydrogens is 328 g/mol. The second kappa shape index (κ2) is 7.25. The SMILES string of the molecule is CNC(=O)c1ccc(N2CCC(N3CC(C(C)(C)C)CC3=O)CC2)cn1. The number of nitrogens with zero attached hydrogens (tertiary/aromatic N) is 3. The highest BCUT2D eigenvalue weighted by atomic mass is 16.2. The van der Waals surface area contributed by atoms with Crippen LogP contribution in [0.1, 0.15) is 50.5 Å². The van der Waals surface area contributed by atoms with Gasteiger partial charge in [0.15, 0.2) is 0 Å². The van der Waals surface area contributed by atoms with Crippen LogP contribution in [0.25, 0.3) is 0 Å². The molecule has 0 bridgehead atoms. The second-order valence-electron chi connectivity index (χ2n) is 8.51. The first-order valence-electron chi connectivity index (χ1n) is 9.52. The molecule has 1 unspecified atom stereocenters. The van der Waals surface area contributed by atoms with E-state index in [4.69, 9.17) is 0 Å². The third kappa shape index (κ3) is 3.84. The fourth-order valence-corrected chi connectivity index (χ4v) is 3.94. The number of anilines is 1. The third-order valence-corrected chi connectivity index (χ3v) is 5.86. The van der Waals surface area contributed by atoms with Crippen LogP contribution in [0.3, 0.4) is 0 Å². The lowest BCUT2D eigenvalue weighted by atomic mass is 9.80. The molecule has 0 spiro atoms. The molecule has 26 heavy (non-hydrogen) atoms. The van der Waals surface area contributed by atoms with E-state index in [9.17, 15) is 9.59 Å². The number of hydrogen-bond donors (Lipinski definition) is 1. The molecule has 1 aromatic rings. The van der Waals surface area contributed by atoms with Gasteiger partial charge in [-0.15, -0.1) is 0 Å². The first-order valence-corrected chi connectivity index (χ1v) is 9.52. The molecule has 3 heterocycles. The van der Waals surface area contributed by atoms with Gasteiger partial charge in [-0.05, 0) is 36.3 Å². The molecule has 0 aliphatic carbocycles. The number of likely N-dealkylation sites (tertiary alicyclic amines) is 1. The average Bonchev–Trinajstić information content (AvgIpc) is 3.03. The number of amides is 2. The molecule has 1 atom stereocenters. The smallest absolute Gasteiger partial charge is 0.269 e. The van der Waals surface area contributed by atoms with E-state index in [2.05, 4.69) is 40.9 Å². The van der Waals surface area contributed by atoms with Gasteiger partial charge in [0.1, 0.15) is 5.69 Å². The average molecular weight is 358 g/mol. The molecule has 1 aromatic heterocycles. The number of pyridine rings is 1. The van der Waals surface area contributed by atoms with Gasteiger partial charge in [0, 0.05) is 39.1 Å². The third-order valence-electron chi connectivity index (χ3n) is 5.86. The van der Waals surface area contributed by atoms with Crippen molar-refractivity contribution in [1.82, 2.24) is 15.2 Å². The maximum Gasteiger partial charge on any atom is 0.269 e. The first-order chi connectivity index (χ1) is 12.3. The normalized spacial score (nSPS) is 22.0. The minimum Gasteiger partial charge on any atom is -0.370 e. The number of carbonyl (C=O) groups is 2. The highest BCUT2D eigenvalue weighted by Gasteiger charge is 2.40. The van der Waals surface area contributed by atoms with Gasteiger partial charge in [-0.2, -0.15) is 0 Å². The highest BCUT2D eigenvalue weighted by molar-refractivity contribution is 5.92. The zero-order chi connectivity index (χ0) is 18.9. The molecule has 1 N–H and O–H groups in total. The Morgan fingerprint density at radius 2 is 1.92 bits per heavy atom. The fraction of sp³-hybridized carbons (Fsp3) is 0.650. The van der Waals surface area contributed by atoms with Crippen molar-refractivity contribution in [3.05, 3.63) is 24.0 Å². The monoisotopic (exact) mass is 358 g/mol. The van der Waals surface area contributed by atoms with Crippen LogP contribution in [0.5, 0.6) is 0 Å². The first kappa shape index (κ1) is 18.7. The molecule has 0 radical (unpaired) electrons. The number of rotatable bonds is 3. The summed E-state index contributed by atoms with van der Waals surface area (Å²) in [7, 11) is 1.60. The molecular formula is C20H30N4O2. The fourth-order valence-electron chi connectivity index (χ4n) is 3.94. The summed E-state index contributed by atoms with van der Waals surface area (Å²) in [4.78, 5) is 32.7. The molecule has 2 aliphatic heterocycles. The van der Waals surface area contributed by atoms with Crippen molar-refractivity contribution in [3.8, 4) is 0 Å². The van der Waals surface area contributed by atoms with Crippen LogP contribution >= 0.6 is 0 Å². The van der Waals surface area contributed by atoms with Crippen LogP contribution in [0, 0.1) is 11.3 Å². The Morgan fingerprint density at radius 3 is 2.42 bits per heavy atom. The lowest BCUT2D eigenvalue weighted by molar-refractivity contribution is -0.130. The summed E-state index contributed by atoms with van der Waals surface area (Å²) in [6.07, 6.45) is 4.43. The largest absolute Gasteiger partial charge is 0.370 e. The Labute approximate surface area is 156 Å². The van der Waals surface area contributed by atoms with Gasteiger partial charge >= 0.3 is 0 Å². The summed E-state index contributed by atoms with van der Waals surface area (Å²) in [5.41, 5.74) is 1.65. The maximum atomic E-state index is 12.5. The molecule has 6 heteroatoms. The molecule has 0 saturated carbocycles. The van der Waals surface area contributed by atoms with E-state index in [1.54, 1.807) is 19.3 Å². The lowest BCUT2D eigenvalue weighted by Gasteiger charge is -2.38.